The summed E-state index contributed by atoms with van der Waals surface area (Å²) in [5, 5.41) is 2.75. The van der Waals surface area contributed by atoms with E-state index in [4.69, 9.17) is 4.74 Å². The molecule has 1 amide bonds. The van der Waals surface area contributed by atoms with E-state index in [9.17, 15) is 9.59 Å². The Hall–Kier alpha value is -2.14. The van der Waals surface area contributed by atoms with Gasteiger partial charge in [0.2, 0.25) is 0 Å². The zero-order valence-corrected chi connectivity index (χ0v) is 15.4. The maximum absolute atomic E-state index is 12.4. The summed E-state index contributed by atoms with van der Waals surface area (Å²) in [5.74, 6) is -0.0309. The van der Waals surface area contributed by atoms with E-state index < -0.39 is 12.1 Å². The summed E-state index contributed by atoms with van der Waals surface area (Å²) >= 11 is 1.51. The largest absolute Gasteiger partial charge is 0.448 e. The number of amides is 1. The lowest BCUT2D eigenvalue weighted by Crippen LogP contribution is -2.29. The van der Waals surface area contributed by atoms with Crippen molar-refractivity contribution < 1.29 is 14.3 Å². The lowest BCUT2D eigenvalue weighted by molar-refractivity contribution is -0.123. The standard InChI is InChI=1S/C20H23NO3S/c1-3-14-9-10-17-15(11-14)12-18(25-17)20(23)24-13(2)19(22)21-16-7-5-4-6-8-16/h4-8,12-14H,3,9-11H2,1-2H3,(H,21,22)/t13-,14-/m1/s1. The van der Waals surface area contributed by atoms with Crippen LogP contribution in [0.25, 0.3) is 0 Å². The molecular formula is C20H23NO3S. The number of thiophene rings is 1. The van der Waals surface area contributed by atoms with E-state index in [0.29, 0.717) is 16.5 Å². The monoisotopic (exact) mass is 357 g/mol. The number of para-hydroxylation sites is 1. The molecule has 0 spiro atoms. The Bertz CT molecular complexity index is 754. The van der Waals surface area contributed by atoms with Gasteiger partial charge in [-0.05, 0) is 55.9 Å². The smallest absolute Gasteiger partial charge is 0.349 e. The van der Waals surface area contributed by atoms with Crippen LogP contribution in [0.5, 0.6) is 0 Å². The molecule has 1 aliphatic carbocycles. The summed E-state index contributed by atoms with van der Waals surface area (Å²) in [6.45, 7) is 3.81. The fourth-order valence-corrected chi connectivity index (χ4v) is 4.18. The molecule has 1 heterocycles. The summed E-state index contributed by atoms with van der Waals surface area (Å²) < 4.78 is 5.36. The van der Waals surface area contributed by atoms with Gasteiger partial charge in [0.05, 0.1) is 0 Å². The molecule has 0 saturated heterocycles. The molecule has 3 rings (SSSR count). The van der Waals surface area contributed by atoms with E-state index in [1.165, 1.54) is 34.6 Å². The number of esters is 1. The van der Waals surface area contributed by atoms with Crippen molar-refractivity contribution in [3.05, 3.63) is 51.7 Å². The minimum Gasteiger partial charge on any atom is -0.448 e. The number of aryl methyl sites for hydroxylation is 1. The molecule has 4 nitrogen and oxygen atoms in total. The van der Waals surface area contributed by atoms with Crippen LogP contribution in [0.2, 0.25) is 0 Å². The fraction of sp³-hybridized carbons (Fsp3) is 0.400. The summed E-state index contributed by atoms with van der Waals surface area (Å²) in [6, 6.07) is 11.1. The van der Waals surface area contributed by atoms with E-state index in [1.807, 2.05) is 24.3 Å². The van der Waals surface area contributed by atoms with Crippen molar-refractivity contribution in [3.8, 4) is 0 Å². The molecule has 0 fully saturated rings. The van der Waals surface area contributed by atoms with Gasteiger partial charge in [0, 0.05) is 10.6 Å². The summed E-state index contributed by atoms with van der Waals surface area (Å²) in [7, 11) is 0. The van der Waals surface area contributed by atoms with Gasteiger partial charge in [-0.25, -0.2) is 4.79 Å². The number of carbonyl (C=O) groups excluding carboxylic acids is 2. The van der Waals surface area contributed by atoms with Crippen LogP contribution in [0, 0.1) is 5.92 Å². The van der Waals surface area contributed by atoms with E-state index in [-0.39, 0.29) is 5.91 Å². The van der Waals surface area contributed by atoms with Crippen molar-refractivity contribution >= 4 is 28.9 Å². The number of ether oxygens (including phenoxy) is 1. The third kappa shape index (κ3) is 4.28. The molecule has 25 heavy (non-hydrogen) atoms. The highest BCUT2D eigenvalue weighted by Crippen LogP contribution is 2.33. The molecular weight excluding hydrogens is 334 g/mol. The van der Waals surface area contributed by atoms with Crippen LogP contribution in [0.4, 0.5) is 5.69 Å². The van der Waals surface area contributed by atoms with Crippen molar-refractivity contribution in [3.63, 3.8) is 0 Å². The molecule has 0 saturated carbocycles. The average Bonchev–Trinajstić information content (AvgIpc) is 3.05. The number of hydrogen-bond acceptors (Lipinski definition) is 4. The zero-order valence-electron chi connectivity index (χ0n) is 14.6. The van der Waals surface area contributed by atoms with Gasteiger partial charge in [0.25, 0.3) is 5.91 Å². The normalized spacial score (nSPS) is 17.4. The Balaban J connectivity index is 1.60. The van der Waals surface area contributed by atoms with Gasteiger partial charge >= 0.3 is 5.97 Å². The highest BCUT2D eigenvalue weighted by atomic mass is 32.1. The predicted octanol–water partition coefficient (Wildman–Crippen LogP) is 4.45. The van der Waals surface area contributed by atoms with Gasteiger partial charge in [0.1, 0.15) is 4.88 Å². The topological polar surface area (TPSA) is 55.4 Å². The molecule has 0 bridgehead atoms. The highest BCUT2D eigenvalue weighted by molar-refractivity contribution is 7.14. The van der Waals surface area contributed by atoms with E-state index in [1.54, 1.807) is 19.1 Å². The second kappa shape index (κ2) is 7.83. The van der Waals surface area contributed by atoms with Crippen LogP contribution in [-0.2, 0) is 22.4 Å². The number of benzene rings is 1. The first-order valence-electron chi connectivity index (χ1n) is 8.75. The summed E-state index contributed by atoms with van der Waals surface area (Å²) in [4.78, 5) is 26.4. The molecule has 1 aliphatic rings. The number of fused-ring (bicyclic) bond motifs is 1. The molecule has 5 heteroatoms. The third-order valence-electron chi connectivity index (χ3n) is 4.66. The second-order valence-electron chi connectivity index (χ2n) is 6.48. The van der Waals surface area contributed by atoms with Gasteiger partial charge in [-0.2, -0.15) is 0 Å². The number of carbonyl (C=O) groups is 2. The van der Waals surface area contributed by atoms with Crippen molar-refractivity contribution in [2.24, 2.45) is 5.92 Å². The second-order valence-corrected chi connectivity index (χ2v) is 7.62. The lowest BCUT2D eigenvalue weighted by atomic mass is 9.87. The Morgan fingerprint density at radius 2 is 2.08 bits per heavy atom. The molecule has 0 aliphatic heterocycles. The first-order chi connectivity index (χ1) is 12.1. The quantitative estimate of drug-likeness (QED) is 0.805. The van der Waals surface area contributed by atoms with Gasteiger partial charge in [-0.3, -0.25) is 4.79 Å². The summed E-state index contributed by atoms with van der Waals surface area (Å²) in [6.07, 6.45) is 3.60. The maximum atomic E-state index is 12.4. The molecule has 1 aromatic carbocycles. The van der Waals surface area contributed by atoms with Gasteiger partial charge in [-0.1, -0.05) is 31.5 Å². The van der Waals surface area contributed by atoms with Gasteiger partial charge < -0.3 is 10.1 Å². The van der Waals surface area contributed by atoms with Crippen LogP contribution >= 0.6 is 11.3 Å². The Labute approximate surface area is 152 Å². The lowest BCUT2D eigenvalue weighted by Gasteiger charge is -2.19. The van der Waals surface area contributed by atoms with Gasteiger partial charge in [0.15, 0.2) is 6.10 Å². The van der Waals surface area contributed by atoms with Crippen LogP contribution < -0.4 is 5.32 Å². The maximum Gasteiger partial charge on any atom is 0.349 e. The SMILES string of the molecule is CC[C@@H]1CCc2sc(C(=O)O[C@H](C)C(=O)Nc3ccccc3)cc2C1. The Morgan fingerprint density at radius 3 is 2.80 bits per heavy atom. The van der Waals surface area contributed by atoms with Crippen molar-refractivity contribution in [1.29, 1.82) is 0 Å². The molecule has 0 unspecified atom stereocenters. The van der Waals surface area contributed by atoms with Crippen LogP contribution in [0.1, 0.15) is 46.8 Å². The summed E-state index contributed by atoms with van der Waals surface area (Å²) in [5.41, 5.74) is 1.96. The Morgan fingerprint density at radius 1 is 1.32 bits per heavy atom. The van der Waals surface area contributed by atoms with Crippen LogP contribution in [0.3, 0.4) is 0 Å². The highest BCUT2D eigenvalue weighted by Gasteiger charge is 2.25. The zero-order chi connectivity index (χ0) is 17.8. The minimum atomic E-state index is -0.838. The van der Waals surface area contributed by atoms with Crippen molar-refractivity contribution in [2.45, 2.75) is 45.6 Å². The van der Waals surface area contributed by atoms with Crippen molar-refractivity contribution in [2.75, 3.05) is 5.32 Å². The first kappa shape index (κ1) is 17.7. The van der Waals surface area contributed by atoms with Gasteiger partial charge in [-0.15, -0.1) is 11.3 Å². The molecule has 2 atom stereocenters. The predicted molar refractivity (Wildman–Crippen MR) is 100 cm³/mol. The van der Waals surface area contributed by atoms with Crippen LogP contribution in [0.15, 0.2) is 36.4 Å². The number of hydrogen-bond donors (Lipinski definition) is 1. The average molecular weight is 357 g/mol. The molecule has 132 valence electrons. The number of rotatable bonds is 5. The van der Waals surface area contributed by atoms with Crippen LogP contribution in [-0.4, -0.2) is 18.0 Å². The van der Waals surface area contributed by atoms with Crippen molar-refractivity contribution in [1.82, 2.24) is 0 Å². The third-order valence-corrected chi connectivity index (χ3v) is 5.87. The molecule has 2 aromatic rings. The Kier molecular flexibility index (Phi) is 5.53. The first-order valence-corrected chi connectivity index (χ1v) is 9.57. The van der Waals surface area contributed by atoms with E-state index >= 15 is 0 Å². The molecule has 0 radical (unpaired) electrons. The molecule has 1 aromatic heterocycles. The fourth-order valence-electron chi connectivity index (χ4n) is 3.09. The number of anilines is 1. The minimum absolute atomic E-state index is 0.327. The van der Waals surface area contributed by atoms with E-state index in [0.717, 1.165) is 12.8 Å². The molecule has 1 N–H and O–H groups in total. The van der Waals surface area contributed by atoms with E-state index in [2.05, 4.69) is 12.2 Å². The number of nitrogens with one attached hydrogen (secondary N) is 1.